The standard InChI is InChI=1S/C12H16ClN/c1-4-10(3)14-8-11-6-5-9(2)7-12(11)13/h4-7,10,14H,1,8H2,2-3H3. The fourth-order valence-corrected chi connectivity index (χ4v) is 1.45. The Morgan fingerprint density at radius 3 is 2.86 bits per heavy atom. The van der Waals surface area contributed by atoms with Crippen molar-refractivity contribution in [1.82, 2.24) is 5.32 Å². The third kappa shape index (κ3) is 3.17. The molecule has 1 nitrogen and oxygen atoms in total. The van der Waals surface area contributed by atoms with Gasteiger partial charge in [0.25, 0.3) is 0 Å². The van der Waals surface area contributed by atoms with Crippen molar-refractivity contribution in [3.8, 4) is 0 Å². The maximum absolute atomic E-state index is 6.09. The van der Waals surface area contributed by atoms with Gasteiger partial charge in [-0.15, -0.1) is 6.58 Å². The van der Waals surface area contributed by atoms with Crippen LogP contribution in [0.3, 0.4) is 0 Å². The number of halogens is 1. The van der Waals surface area contributed by atoms with Crippen LogP contribution in [-0.4, -0.2) is 6.04 Å². The minimum atomic E-state index is 0.312. The molecule has 0 spiro atoms. The van der Waals surface area contributed by atoms with Gasteiger partial charge in [0.15, 0.2) is 0 Å². The van der Waals surface area contributed by atoms with E-state index in [4.69, 9.17) is 11.6 Å². The Morgan fingerprint density at radius 1 is 1.57 bits per heavy atom. The summed E-state index contributed by atoms with van der Waals surface area (Å²) in [7, 11) is 0. The lowest BCUT2D eigenvalue weighted by molar-refractivity contribution is 0.634. The van der Waals surface area contributed by atoms with Crippen molar-refractivity contribution >= 4 is 11.6 Å². The zero-order chi connectivity index (χ0) is 10.6. The van der Waals surface area contributed by atoms with E-state index in [1.807, 2.05) is 19.1 Å². The smallest absolute Gasteiger partial charge is 0.0453 e. The average molecular weight is 210 g/mol. The molecule has 0 aromatic heterocycles. The van der Waals surface area contributed by atoms with Crippen LogP contribution in [0, 0.1) is 6.92 Å². The van der Waals surface area contributed by atoms with Gasteiger partial charge < -0.3 is 5.32 Å². The lowest BCUT2D eigenvalue weighted by Gasteiger charge is -2.10. The molecule has 0 fully saturated rings. The number of hydrogen-bond acceptors (Lipinski definition) is 1. The molecule has 0 aliphatic heterocycles. The van der Waals surface area contributed by atoms with Gasteiger partial charge in [0, 0.05) is 17.6 Å². The van der Waals surface area contributed by atoms with Crippen LogP contribution in [0.25, 0.3) is 0 Å². The van der Waals surface area contributed by atoms with Gasteiger partial charge in [-0.2, -0.15) is 0 Å². The second-order valence-electron chi connectivity index (χ2n) is 3.50. The Labute approximate surface area is 90.8 Å². The molecule has 1 rings (SSSR count). The monoisotopic (exact) mass is 209 g/mol. The van der Waals surface area contributed by atoms with Gasteiger partial charge in [-0.05, 0) is 31.0 Å². The summed E-state index contributed by atoms with van der Waals surface area (Å²) in [5.41, 5.74) is 2.32. The van der Waals surface area contributed by atoms with E-state index < -0.39 is 0 Å². The van der Waals surface area contributed by atoms with E-state index in [0.29, 0.717) is 6.04 Å². The molecule has 1 unspecified atom stereocenters. The SMILES string of the molecule is C=CC(C)NCc1ccc(C)cc1Cl. The van der Waals surface area contributed by atoms with Crippen molar-refractivity contribution in [2.75, 3.05) is 0 Å². The zero-order valence-electron chi connectivity index (χ0n) is 8.68. The molecule has 1 atom stereocenters. The highest BCUT2D eigenvalue weighted by Crippen LogP contribution is 2.17. The van der Waals surface area contributed by atoms with Crippen LogP contribution in [-0.2, 0) is 6.54 Å². The number of nitrogens with one attached hydrogen (secondary N) is 1. The van der Waals surface area contributed by atoms with Crippen LogP contribution in [0.4, 0.5) is 0 Å². The van der Waals surface area contributed by atoms with Gasteiger partial charge >= 0.3 is 0 Å². The van der Waals surface area contributed by atoms with E-state index in [9.17, 15) is 0 Å². The third-order valence-electron chi connectivity index (χ3n) is 2.18. The Kier molecular flexibility index (Phi) is 4.18. The molecule has 0 aliphatic rings. The summed E-state index contributed by atoms with van der Waals surface area (Å²) >= 11 is 6.09. The predicted molar refractivity (Wildman–Crippen MR) is 62.7 cm³/mol. The first kappa shape index (κ1) is 11.3. The predicted octanol–water partition coefficient (Wildman–Crippen LogP) is 3.31. The first-order chi connectivity index (χ1) is 6.63. The third-order valence-corrected chi connectivity index (χ3v) is 2.53. The lowest BCUT2D eigenvalue weighted by Crippen LogP contribution is -2.23. The highest BCUT2D eigenvalue weighted by molar-refractivity contribution is 6.31. The quantitative estimate of drug-likeness (QED) is 0.751. The number of aryl methyl sites for hydroxylation is 1. The van der Waals surface area contributed by atoms with Crippen molar-refractivity contribution < 1.29 is 0 Å². The number of rotatable bonds is 4. The van der Waals surface area contributed by atoms with Crippen LogP contribution >= 0.6 is 11.6 Å². The summed E-state index contributed by atoms with van der Waals surface area (Å²) in [6.07, 6.45) is 1.88. The van der Waals surface area contributed by atoms with Crippen molar-refractivity contribution in [2.24, 2.45) is 0 Å². The molecule has 0 aliphatic carbocycles. The van der Waals surface area contributed by atoms with Crippen LogP contribution in [0.2, 0.25) is 5.02 Å². The molecular weight excluding hydrogens is 194 g/mol. The molecule has 14 heavy (non-hydrogen) atoms. The van der Waals surface area contributed by atoms with Crippen LogP contribution < -0.4 is 5.32 Å². The van der Waals surface area contributed by atoms with Crippen molar-refractivity contribution in [3.05, 3.63) is 47.0 Å². The molecule has 1 aromatic rings. The van der Waals surface area contributed by atoms with Crippen molar-refractivity contribution in [2.45, 2.75) is 26.4 Å². The number of hydrogen-bond donors (Lipinski definition) is 1. The van der Waals surface area contributed by atoms with E-state index in [0.717, 1.165) is 17.1 Å². The minimum absolute atomic E-state index is 0.312. The normalized spacial score (nSPS) is 12.5. The molecule has 0 heterocycles. The van der Waals surface area contributed by atoms with Gasteiger partial charge in [0.05, 0.1) is 0 Å². The van der Waals surface area contributed by atoms with Crippen molar-refractivity contribution in [1.29, 1.82) is 0 Å². The summed E-state index contributed by atoms with van der Waals surface area (Å²) in [4.78, 5) is 0. The fourth-order valence-electron chi connectivity index (χ4n) is 1.15. The van der Waals surface area contributed by atoms with E-state index in [1.54, 1.807) is 0 Å². The summed E-state index contributed by atoms with van der Waals surface area (Å²) < 4.78 is 0. The molecule has 0 radical (unpaired) electrons. The second kappa shape index (κ2) is 5.18. The lowest BCUT2D eigenvalue weighted by atomic mass is 10.1. The van der Waals surface area contributed by atoms with E-state index in [1.165, 1.54) is 5.56 Å². The topological polar surface area (TPSA) is 12.0 Å². The Balaban J connectivity index is 2.63. The summed E-state index contributed by atoms with van der Waals surface area (Å²) in [6, 6.07) is 6.42. The first-order valence-electron chi connectivity index (χ1n) is 4.74. The summed E-state index contributed by atoms with van der Waals surface area (Å²) in [5.74, 6) is 0. The molecule has 1 N–H and O–H groups in total. The molecular formula is C12H16ClN. The Bertz CT molecular complexity index is 320. The van der Waals surface area contributed by atoms with Crippen molar-refractivity contribution in [3.63, 3.8) is 0 Å². The highest BCUT2D eigenvalue weighted by atomic mass is 35.5. The molecule has 0 saturated heterocycles. The van der Waals surface area contributed by atoms with Gasteiger partial charge in [-0.3, -0.25) is 0 Å². The van der Waals surface area contributed by atoms with Gasteiger partial charge in [0.1, 0.15) is 0 Å². The van der Waals surface area contributed by atoms with Gasteiger partial charge in [-0.25, -0.2) is 0 Å². The van der Waals surface area contributed by atoms with Crippen LogP contribution in [0.5, 0.6) is 0 Å². The minimum Gasteiger partial charge on any atom is -0.307 e. The van der Waals surface area contributed by atoms with E-state index in [-0.39, 0.29) is 0 Å². The summed E-state index contributed by atoms with van der Waals surface area (Å²) in [5, 5.41) is 4.13. The van der Waals surface area contributed by atoms with Gasteiger partial charge in [0.2, 0.25) is 0 Å². The van der Waals surface area contributed by atoms with Crippen LogP contribution in [0.1, 0.15) is 18.1 Å². The maximum Gasteiger partial charge on any atom is 0.0453 e. The highest BCUT2D eigenvalue weighted by Gasteiger charge is 2.01. The van der Waals surface area contributed by atoms with Crippen LogP contribution in [0.15, 0.2) is 30.9 Å². The maximum atomic E-state index is 6.09. The molecule has 2 heteroatoms. The molecule has 1 aromatic carbocycles. The van der Waals surface area contributed by atoms with E-state index >= 15 is 0 Å². The molecule has 0 bridgehead atoms. The Hall–Kier alpha value is -0.790. The Morgan fingerprint density at radius 2 is 2.29 bits per heavy atom. The largest absolute Gasteiger partial charge is 0.307 e. The summed E-state index contributed by atoms with van der Waals surface area (Å²) in [6.45, 7) is 8.60. The van der Waals surface area contributed by atoms with Gasteiger partial charge in [-0.1, -0.05) is 29.8 Å². The zero-order valence-corrected chi connectivity index (χ0v) is 9.43. The first-order valence-corrected chi connectivity index (χ1v) is 5.12. The average Bonchev–Trinajstić information content (AvgIpc) is 2.16. The molecule has 0 saturated carbocycles. The second-order valence-corrected chi connectivity index (χ2v) is 3.91. The van der Waals surface area contributed by atoms with E-state index in [2.05, 4.69) is 31.0 Å². The fraction of sp³-hybridized carbons (Fsp3) is 0.333. The molecule has 76 valence electrons. The molecule has 0 amide bonds. The number of benzene rings is 1.